The van der Waals surface area contributed by atoms with Crippen molar-refractivity contribution in [3.05, 3.63) is 0 Å². The minimum absolute atomic E-state index is 0.169. The van der Waals surface area contributed by atoms with Crippen LogP contribution < -0.4 is 5.73 Å². The van der Waals surface area contributed by atoms with E-state index < -0.39 is 51.1 Å². The second-order valence-corrected chi connectivity index (χ2v) is 14.5. The molecule has 0 aromatic rings. The van der Waals surface area contributed by atoms with E-state index in [-0.39, 0.29) is 19.4 Å². The van der Waals surface area contributed by atoms with Gasteiger partial charge < -0.3 is 25.2 Å². The maximum absolute atomic E-state index is 12.5. The smallest absolute Gasteiger partial charge is 0.472 e. The lowest BCUT2D eigenvalue weighted by atomic mass is 10.0. The molecule has 0 saturated heterocycles. The normalized spacial score (nSPS) is 13.9. The zero-order valence-corrected chi connectivity index (χ0v) is 31.2. The average Bonchev–Trinajstić information content (AvgIpc) is 3.05. The number of carbonyl (C=O) groups excluding carboxylic acids is 2. The molecule has 48 heavy (non-hydrogen) atoms. The minimum atomic E-state index is -4.70. The van der Waals surface area contributed by atoms with E-state index in [1.165, 1.54) is 103 Å². The summed E-state index contributed by atoms with van der Waals surface area (Å²) < 4.78 is 32.5. The van der Waals surface area contributed by atoms with Crippen LogP contribution in [0.3, 0.4) is 0 Å². The number of rotatable bonds is 36. The van der Waals surface area contributed by atoms with Crippen molar-refractivity contribution >= 4 is 25.7 Å². The SMILES string of the molecule is CCCCCCCCCCCCCCCCCC(=O)O[C@H](COC(=O)CCCCCCCCCCC)COP(=O)(O)OC[C@H](N)C(=O)O. The Bertz CT molecular complexity index is 844. The van der Waals surface area contributed by atoms with Crippen LogP contribution in [0.25, 0.3) is 0 Å². The van der Waals surface area contributed by atoms with Gasteiger partial charge in [0.2, 0.25) is 0 Å². The number of nitrogens with two attached hydrogens (primary N) is 1. The van der Waals surface area contributed by atoms with Crippen LogP contribution in [0.5, 0.6) is 0 Å². The van der Waals surface area contributed by atoms with Gasteiger partial charge in [-0.1, -0.05) is 155 Å². The van der Waals surface area contributed by atoms with Gasteiger partial charge in [0.1, 0.15) is 12.6 Å². The lowest BCUT2D eigenvalue weighted by Gasteiger charge is -2.20. The molecule has 3 atom stereocenters. The van der Waals surface area contributed by atoms with Gasteiger partial charge in [0.15, 0.2) is 6.10 Å². The van der Waals surface area contributed by atoms with Crippen molar-refractivity contribution in [1.29, 1.82) is 0 Å². The third kappa shape index (κ3) is 31.7. The van der Waals surface area contributed by atoms with Gasteiger partial charge in [-0.3, -0.25) is 23.4 Å². The molecule has 0 aliphatic carbocycles. The Kier molecular flexibility index (Phi) is 31.6. The molecule has 0 aliphatic heterocycles. The highest BCUT2D eigenvalue weighted by Gasteiger charge is 2.28. The second-order valence-electron chi connectivity index (χ2n) is 13.1. The van der Waals surface area contributed by atoms with Gasteiger partial charge in [0.05, 0.1) is 13.2 Å². The number of phosphoric acid groups is 1. The summed E-state index contributed by atoms with van der Waals surface area (Å²) in [5, 5.41) is 8.84. The molecule has 0 aliphatic rings. The van der Waals surface area contributed by atoms with Gasteiger partial charge in [-0.2, -0.15) is 0 Å². The van der Waals surface area contributed by atoms with Crippen molar-refractivity contribution in [3.63, 3.8) is 0 Å². The fourth-order valence-corrected chi connectivity index (χ4v) is 6.08. The van der Waals surface area contributed by atoms with Crippen molar-refractivity contribution < 1.29 is 47.5 Å². The third-order valence-corrected chi connectivity index (χ3v) is 9.31. The summed E-state index contributed by atoms with van der Waals surface area (Å²) in [6, 6.07) is -1.51. The zero-order chi connectivity index (χ0) is 35.7. The second kappa shape index (κ2) is 32.7. The minimum Gasteiger partial charge on any atom is -0.480 e. The molecule has 284 valence electrons. The van der Waals surface area contributed by atoms with Gasteiger partial charge >= 0.3 is 25.7 Å². The van der Waals surface area contributed by atoms with Gasteiger partial charge in [-0.05, 0) is 12.8 Å². The Morgan fingerprint density at radius 3 is 1.31 bits per heavy atom. The number of hydrogen-bond acceptors (Lipinski definition) is 9. The molecule has 0 aromatic carbocycles. The number of carbonyl (C=O) groups is 3. The molecule has 4 N–H and O–H groups in total. The molecule has 0 saturated carbocycles. The standard InChI is InChI=1S/C36H70NO10P/c1-3-5-7-9-11-13-14-15-16-17-18-20-22-24-26-28-35(39)47-32(30-45-48(42,43)46-31-33(37)36(40)41)29-44-34(38)27-25-23-21-19-12-10-8-6-4-2/h32-33H,3-31,37H2,1-2H3,(H,40,41)(H,42,43)/t32-,33+/m1/s1. The van der Waals surface area contributed by atoms with Gasteiger partial charge in [0, 0.05) is 12.8 Å². The predicted molar refractivity (Wildman–Crippen MR) is 190 cm³/mol. The first-order valence-corrected chi connectivity index (χ1v) is 20.6. The Labute approximate surface area is 291 Å². The summed E-state index contributed by atoms with van der Waals surface area (Å²) in [5.41, 5.74) is 5.31. The number of aliphatic carboxylic acids is 1. The summed E-state index contributed by atoms with van der Waals surface area (Å²) in [6.07, 6.45) is 27.5. The van der Waals surface area contributed by atoms with Crippen LogP contribution in [0.2, 0.25) is 0 Å². The van der Waals surface area contributed by atoms with Crippen molar-refractivity contribution in [2.45, 2.75) is 193 Å². The largest absolute Gasteiger partial charge is 0.480 e. The number of carboxylic acids is 1. The van der Waals surface area contributed by atoms with E-state index in [1.54, 1.807) is 0 Å². The molecule has 0 aromatic heterocycles. The number of unbranched alkanes of at least 4 members (excludes halogenated alkanes) is 22. The summed E-state index contributed by atoms with van der Waals surface area (Å²) in [6.45, 7) is 2.78. The molecule has 12 heteroatoms. The number of esters is 2. The van der Waals surface area contributed by atoms with Crippen LogP contribution in [0, 0.1) is 0 Å². The van der Waals surface area contributed by atoms with E-state index in [1.807, 2.05) is 0 Å². The molecule has 11 nitrogen and oxygen atoms in total. The van der Waals surface area contributed by atoms with Gasteiger partial charge in [0.25, 0.3) is 0 Å². The summed E-state index contributed by atoms with van der Waals surface area (Å²) in [7, 11) is -4.70. The first-order chi connectivity index (χ1) is 23.1. The predicted octanol–water partition coefficient (Wildman–Crippen LogP) is 9.17. The van der Waals surface area contributed by atoms with Crippen molar-refractivity contribution in [2.75, 3.05) is 19.8 Å². The highest BCUT2D eigenvalue weighted by molar-refractivity contribution is 7.47. The fraction of sp³-hybridized carbons (Fsp3) is 0.917. The molecule has 0 radical (unpaired) electrons. The van der Waals surface area contributed by atoms with Crippen molar-refractivity contribution in [2.24, 2.45) is 5.73 Å². The van der Waals surface area contributed by atoms with Crippen LogP contribution in [0.1, 0.15) is 181 Å². The molecule has 0 spiro atoms. The average molecular weight is 708 g/mol. The summed E-state index contributed by atoms with van der Waals surface area (Å²) >= 11 is 0. The Hall–Kier alpha value is -1.52. The topological polar surface area (TPSA) is 172 Å². The molecular formula is C36H70NO10P. The van der Waals surface area contributed by atoms with E-state index in [9.17, 15) is 23.8 Å². The maximum Gasteiger partial charge on any atom is 0.472 e. The Morgan fingerprint density at radius 1 is 0.562 bits per heavy atom. The monoisotopic (exact) mass is 707 g/mol. The van der Waals surface area contributed by atoms with Gasteiger partial charge in [-0.25, -0.2) is 4.57 Å². The maximum atomic E-state index is 12.5. The molecule has 0 fully saturated rings. The van der Waals surface area contributed by atoms with Crippen LogP contribution in [0.4, 0.5) is 0 Å². The third-order valence-electron chi connectivity index (χ3n) is 8.36. The molecule has 0 bridgehead atoms. The van der Waals surface area contributed by atoms with Crippen LogP contribution in [0.15, 0.2) is 0 Å². The quantitative estimate of drug-likeness (QED) is 0.0322. The van der Waals surface area contributed by atoms with E-state index in [4.69, 9.17) is 24.8 Å². The number of carboxylic acid groups (broad SMARTS) is 1. The molecule has 0 rings (SSSR count). The van der Waals surface area contributed by atoms with Crippen molar-refractivity contribution in [3.8, 4) is 0 Å². The van der Waals surface area contributed by atoms with Crippen molar-refractivity contribution in [1.82, 2.24) is 0 Å². The molecule has 1 unspecified atom stereocenters. The van der Waals surface area contributed by atoms with Crippen LogP contribution in [-0.2, 0) is 37.5 Å². The lowest BCUT2D eigenvalue weighted by molar-refractivity contribution is -0.161. The lowest BCUT2D eigenvalue weighted by Crippen LogP contribution is -2.34. The summed E-state index contributed by atoms with van der Waals surface area (Å²) in [4.78, 5) is 45.6. The van der Waals surface area contributed by atoms with Crippen LogP contribution in [-0.4, -0.2) is 59.9 Å². The molecule has 0 heterocycles. The summed E-state index contributed by atoms with van der Waals surface area (Å²) in [5.74, 6) is -2.37. The first-order valence-electron chi connectivity index (χ1n) is 19.1. The zero-order valence-electron chi connectivity index (χ0n) is 30.3. The van der Waals surface area contributed by atoms with Gasteiger partial charge in [-0.15, -0.1) is 0 Å². The first kappa shape index (κ1) is 46.5. The number of phosphoric ester groups is 1. The van der Waals surface area contributed by atoms with E-state index >= 15 is 0 Å². The Balaban J connectivity index is 4.38. The Morgan fingerprint density at radius 2 is 0.917 bits per heavy atom. The molecule has 0 amide bonds. The number of hydrogen-bond donors (Lipinski definition) is 3. The fourth-order valence-electron chi connectivity index (χ4n) is 5.30. The number of ether oxygens (including phenoxy) is 2. The van der Waals surface area contributed by atoms with Crippen LogP contribution >= 0.6 is 7.82 Å². The highest BCUT2D eigenvalue weighted by atomic mass is 31.2. The highest BCUT2D eigenvalue weighted by Crippen LogP contribution is 2.43. The van der Waals surface area contributed by atoms with E-state index in [2.05, 4.69) is 18.4 Å². The van der Waals surface area contributed by atoms with E-state index in [0.29, 0.717) is 12.8 Å². The molecular weight excluding hydrogens is 637 g/mol. The van der Waals surface area contributed by atoms with E-state index in [0.717, 1.165) is 38.5 Å².